The largest absolute Gasteiger partial charge is 0.346 e. The van der Waals surface area contributed by atoms with Gasteiger partial charge in [0.15, 0.2) is 5.17 Å². The average molecular weight is 458 g/mol. The molecule has 0 unspecified atom stereocenters. The van der Waals surface area contributed by atoms with Gasteiger partial charge >= 0.3 is 0 Å². The van der Waals surface area contributed by atoms with Gasteiger partial charge in [-0.3, -0.25) is 4.79 Å². The van der Waals surface area contributed by atoms with E-state index in [2.05, 4.69) is 50.7 Å². The van der Waals surface area contributed by atoms with E-state index in [1.807, 2.05) is 31.2 Å². The predicted molar refractivity (Wildman–Crippen MR) is 121 cm³/mol. The number of halogens is 1. The van der Waals surface area contributed by atoms with Gasteiger partial charge in [-0.2, -0.15) is 0 Å². The Bertz CT molecular complexity index is 999. The highest BCUT2D eigenvalue weighted by molar-refractivity contribution is 9.10. The number of thioether (sulfide) groups is 1. The Kier molecular flexibility index (Phi) is 5.52. The molecule has 1 aliphatic heterocycles. The highest BCUT2D eigenvalue weighted by Gasteiger charge is 2.26. The van der Waals surface area contributed by atoms with Crippen molar-refractivity contribution in [1.29, 1.82) is 0 Å². The summed E-state index contributed by atoms with van der Waals surface area (Å²) in [5.41, 5.74) is 5.59. The van der Waals surface area contributed by atoms with Gasteiger partial charge in [0.1, 0.15) is 0 Å². The third kappa shape index (κ3) is 3.85. The molecule has 1 N–H and O–H groups in total. The van der Waals surface area contributed by atoms with E-state index in [4.69, 9.17) is 0 Å². The Hall–Kier alpha value is -1.79. The fourth-order valence-corrected chi connectivity index (χ4v) is 5.45. The molecule has 146 valence electrons. The normalized spacial score (nSPS) is 20.5. The van der Waals surface area contributed by atoms with Gasteiger partial charge in [-0.25, -0.2) is 4.99 Å². The first-order valence-corrected chi connectivity index (χ1v) is 11.3. The van der Waals surface area contributed by atoms with Gasteiger partial charge in [0.2, 0.25) is 0 Å². The van der Waals surface area contributed by atoms with Crippen LogP contribution in [0, 0.1) is 20.8 Å². The summed E-state index contributed by atoms with van der Waals surface area (Å²) in [5.74, 6) is -0.0795. The molecular weight excluding hydrogens is 434 g/mol. The van der Waals surface area contributed by atoms with E-state index in [-0.39, 0.29) is 5.91 Å². The minimum atomic E-state index is -0.0795. The van der Waals surface area contributed by atoms with Crippen LogP contribution < -0.4 is 5.32 Å². The van der Waals surface area contributed by atoms with Crippen molar-refractivity contribution >= 4 is 50.5 Å². The van der Waals surface area contributed by atoms with Gasteiger partial charge in [-0.15, -0.1) is 0 Å². The molecule has 2 aromatic rings. The van der Waals surface area contributed by atoms with Gasteiger partial charge < -0.3 is 9.88 Å². The Morgan fingerprint density at radius 2 is 1.96 bits per heavy atom. The summed E-state index contributed by atoms with van der Waals surface area (Å²) in [6.45, 7) is 6.34. The highest BCUT2D eigenvalue weighted by atomic mass is 79.9. The fourth-order valence-electron chi connectivity index (χ4n) is 4.15. The number of rotatable bonds is 3. The van der Waals surface area contributed by atoms with Crippen molar-refractivity contribution in [3.05, 3.63) is 56.2 Å². The second-order valence-corrected chi connectivity index (χ2v) is 9.49. The van der Waals surface area contributed by atoms with Crippen molar-refractivity contribution in [2.24, 2.45) is 4.99 Å². The summed E-state index contributed by atoms with van der Waals surface area (Å²) in [4.78, 5) is 17.8. The van der Waals surface area contributed by atoms with Crippen LogP contribution in [0.2, 0.25) is 0 Å². The van der Waals surface area contributed by atoms with Crippen molar-refractivity contribution in [1.82, 2.24) is 9.88 Å². The number of hydrogen-bond donors (Lipinski definition) is 1. The fraction of sp³-hybridized carbons (Fsp3) is 0.364. The first kappa shape index (κ1) is 19.5. The van der Waals surface area contributed by atoms with E-state index in [0.717, 1.165) is 21.3 Å². The summed E-state index contributed by atoms with van der Waals surface area (Å²) in [6.07, 6.45) is 7.14. The quantitative estimate of drug-likeness (QED) is 0.558. The second kappa shape index (κ2) is 7.91. The summed E-state index contributed by atoms with van der Waals surface area (Å²) >= 11 is 4.88. The molecule has 28 heavy (non-hydrogen) atoms. The third-order valence-electron chi connectivity index (χ3n) is 5.53. The van der Waals surface area contributed by atoms with E-state index in [1.165, 1.54) is 48.8 Å². The Labute approximate surface area is 178 Å². The molecule has 6 heteroatoms. The molecule has 2 fully saturated rings. The van der Waals surface area contributed by atoms with Crippen LogP contribution in [0.1, 0.15) is 54.2 Å². The number of benzene rings is 1. The lowest BCUT2D eigenvalue weighted by Crippen LogP contribution is -2.19. The molecule has 0 atom stereocenters. The first-order chi connectivity index (χ1) is 13.4. The van der Waals surface area contributed by atoms with Crippen molar-refractivity contribution in [2.45, 2.75) is 52.5 Å². The maximum absolute atomic E-state index is 12.5. The highest BCUT2D eigenvalue weighted by Crippen LogP contribution is 2.35. The van der Waals surface area contributed by atoms with Gasteiger partial charge in [-0.1, -0.05) is 28.8 Å². The summed E-state index contributed by atoms with van der Waals surface area (Å²) < 4.78 is 3.48. The van der Waals surface area contributed by atoms with Crippen molar-refractivity contribution in [3.8, 4) is 0 Å². The zero-order valence-electron chi connectivity index (χ0n) is 16.4. The molecule has 1 aromatic heterocycles. The SMILES string of the molecule is Cc1cc(Br)ccc1N=C1NC(=O)/C(=C/c2cc(C)n(C3CCCC3)c2C)S1. The molecule has 0 radical (unpaired) electrons. The molecule has 1 saturated carbocycles. The van der Waals surface area contributed by atoms with Crippen LogP contribution >= 0.6 is 27.7 Å². The van der Waals surface area contributed by atoms with E-state index < -0.39 is 0 Å². The van der Waals surface area contributed by atoms with Gasteiger partial charge in [0.05, 0.1) is 10.6 Å². The molecule has 4 rings (SSSR count). The Morgan fingerprint density at radius 3 is 2.68 bits per heavy atom. The molecule has 0 spiro atoms. The van der Waals surface area contributed by atoms with E-state index >= 15 is 0 Å². The molecule has 1 amide bonds. The number of hydrogen-bond acceptors (Lipinski definition) is 3. The Morgan fingerprint density at radius 1 is 1.21 bits per heavy atom. The molecule has 1 saturated heterocycles. The third-order valence-corrected chi connectivity index (χ3v) is 6.93. The van der Waals surface area contributed by atoms with Crippen LogP contribution in [0.15, 0.2) is 38.6 Å². The zero-order chi connectivity index (χ0) is 19.8. The number of amidine groups is 1. The molecule has 2 heterocycles. The van der Waals surface area contributed by atoms with Crippen LogP contribution in [0.25, 0.3) is 6.08 Å². The number of aryl methyl sites for hydroxylation is 2. The molecule has 0 bridgehead atoms. The van der Waals surface area contributed by atoms with E-state index in [9.17, 15) is 4.79 Å². The van der Waals surface area contributed by atoms with Crippen molar-refractivity contribution in [2.75, 3.05) is 0 Å². The lowest BCUT2D eigenvalue weighted by atomic mass is 10.2. The van der Waals surface area contributed by atoms with Crippen LogP contribution in [0.4, 0.5) is 5.69 Å². The zero-order valence-corrected chi connectivity index (χ0v) is 18.8. The lowest BCUT2D eigenvalue weighted by Gasteiger charge is -2.17. The number of amides is 1. The smallest absolute Gasteiger partial charge is 0.264 e. The number of aromatic nitrogens is 1. The molecule has 4 nitrogen and oxygen atoms in total. The number of nitrogens with one attached hydrogen (secondary N) is 1. The average Bonchev–Trinajstić information content (AvgIpc) is 3.33. The standard InChI is InChI=1S/C22H24BrN3OS/c1-13-10-17(23)8-9-19(13)24-22-25-21(27)20(28-22)12-16-11-14(2)26(15(16)3)18-6-4-5-7-18/h8-12,18H,4-7H2,1-3H3,(H,24,25,27)/b20-12-. The summed E-state index contributed by atoms with van der Waals surface area (Å²) in [5, 5.41) is 3.53. The molecule has 1 aromatic carbocycles. The first-order valence-electron chi connectivity index (χ1n) is 9.66. The predicted octanol–water partition coefficient (Wildman–Crippen LogP) is 6.18. The molecule has 2 aliphatic rings. The van der Waals surface area contributed by atoms with Crippen LogP contribution in [0.3, 0.4) is 0 Å². The minimum absolute atomic E-state index is 0.0795. The minimum Gasteiger partial charge on any atom is -0.346 e. The van der Waals surface area contributed by atoms with Crippen LogP contribution in [-0.2, 0) is 4.79 Å². The van der Waals surface area contributed by atoms with Crippen LogP contribution in [-0.4, -0.2) is 15.6 Å². The van der Waals surface area contributed by atoms with E-state index in [1.54, 1.807) is 0 Å². The van der Waals surface area contributed by atoms with Gasteiger partial charge in [0.25, 0.3) is 5.91 Å². The monoisotopic (exact) mass is 457 g/mol. The second-order valence-electron chi connectivity index (χ2n) is 7.55. The topological polar surface area (TPSA) is 46.4 Å². The van der Waals surface area contributed by atoms with Crippen molar-refractivity contribution < 1.29 is 4.79 Å². The number of carbonyl (C=O) groups is 1. The van der Waals surface area contributed by atoms with Crippen LogP contribution in [0.5, 0.6) is 0 Å². The van der Waals surface area contributed by atoms with Crippen molar-refractivity contribution in [3.63, 3.8) is 0 Å². The number of aliphatic imine (C=N–C) groups is 1. The maximum atomic E-state index is 12.5. The Balaban J connectivity index is 1.60. The van der Waals surface area contributed by atoms with Gasteiger partial charge in [0, 0.05) is 21.9 Å². The lowest BCUT2D eigenvalue weighted by molar-refractivity contribution is -0.115. The van der Waals surface area contributed by atoms with E-state index in [0.29, 0.717) is 16.1 Å². The summed E-state index contributed by atoms with van der Waals surface area (Å²) in [7, 11) is 0. The van der Waals surface area contributed by atoms with Gasteiger partial charge in [-0.05, 0) is 86.8 Å². The number of carbonyl (C=O) groups excluding carboxylic acids is 1. The maximum Gasteiger partial charge on any atom is 0.264 e. The molecule has 1 aliphatic carbocycles. The molecular formula is C22H24BrN3OS. The number of nitrogens with zero attached hydrogens (tertiary/aromatic N) is 2. The summed E-state index contributed by atoms with van der Waals surface area (Å²) in [6, 6.07) is 8.74.